The quantitative estimate of drug-likeness (QED) is 0.725. The Balaban J connectivity index is 2.36. The highest BCUT2D eigenvalue weighted by molar-refractivity contribution is 7.16. The van der Waals surface area contributed by atoms with E-state index in [0.29, 0.717) is 10.9 Å². The van der Waals surface area contributed by atoms with Crippen LogP contribution in [0.2, 0.25) is 4.34 Å². The second-order valence-electron chi connectivity index (χ2n) is 3.00. The molecule has 0 saturated carbocycles. The van der Waals surface area contributed by atoms with Gasteiger partial charge in [-0.2, -0.15) is 0 Å². The molecule has 1 aromatic heterocycles. The molecule has 1 atom stereocenters. The van der Waals surface area contributed by atoms with Crippen LogP contribution < -0.4 is 11.1 Å². The Morgan fingerprint density at radius 1 is 1.67 bits per heavy atom. The van der Waals surface area contributed by atoms with Gasteiger partial charge in [0.1, 0.15) is 6.10 Å². The monoisotopic (exact) mass is 248 g/mol. The molecule has 0 aliphatic carbocycles. The molecule has 4 nitrogen and oxygen atoms in total. The van der Waals surface area contributed by atoms with Gasteiger partial charge in [0.15, 0.2) is 0 Å². The first-order chi connectivity index (χ1) is 7.13. The maximum absolute atomic E-state index is 11.1. The molecule has 0 aromatic carbocycles. The highest BCUT2D eigenvalue weighted by Crippen LogP contribution is 2.26. The predicted molar refractivity (Wildman–Crippen MR) is 61.0 cm³/mol. The molecule has 0 spiro atoms. The summed E-state index contributed by atoms with van der Waals surface area (Å²) in [5, 5.41) is 12.2. The summed E-state index contributed by atoms with van der Waals surface area (Å²) >= 11 is 7.02. The molecule has 1 unspecified atom stereocenters. The summed E-state index contributed by atoms with van der Waals surface area (Å²) in [7, 11) is 0. The molecule has 1 amide bonds. The van der Waals surface area contributed by atoms with Crippen molar-refractivity contribution in [2.24, 2.45) is 5.73 Å². The average Bonchev–Trinajstić information content (AvgIpc) is 2.62. The van der Waals surface area contributed by atoms with Crippen molar-refractivity contribution in [1.82, 2.24) is 5.32 Å². The molecule has 0 bridgehead atoms. The number of amides is 1. The Labute approximate surface area is 97.0 Å². The van der Waals surface area contributed by atoms with Gasteiger partial charge in [-0.3, -0.25) is 4.79 Å². The normalized spacial score (nSPS) is 12.5. The summed E-state index contributed by atoms with van der Waals surface area (Å²) in [5.41, 5.74) is 5.21. The smallest absolute Gasteiger partial charge is 0.221 e. The number of aliphatic hydroxyl groups excluding tert-OH is 1. The fourth-order valence-electron chi connectivity index (χ4n) is 1.04. The molecule has 84 valence electrons. The van der Waals surface area contributed by atoms with Gasteiger partial charge >= 0.3 is 0 Å². The minimum atomic E-state index is -0.704. The molecule has 1 rings (SSSR count). The Morgan fingerprint density at radius 2 is 2.40 bits per heavy atom. The lowest BCUT2D eigenvalue weighted by molar-refractivity contribution is -0.121. The van der Waals surface area contributed by atoms with Crippen LogP contribution in [0, 0.1) is 0 Å². The van der Waals surface area contributed by atoms with Crippen LogP contribution in [0.4, 0.5) is 0 Å². The molecule has 15 heavy (non-hydrogen) atoms. The van der Waals surface area contributed by atoms with Gasteiger partial charge in [0.05, 0.1) is 4.34 Å². The number of aliphatic hydroxyl groups is 1. The summed E-state index contributed by atoms with van der Waals surface area (Å²) in [6.45, 7) is 0.502. The van der Waals surface area contributed by atoms with E-state index in [9.17, 15) is 9.90 Å². The van der Waals surface area contributed by atoms with E-state index in [4.69, 9.17) is 17.3 Å². The van der Waals surface area contributed by atoms with Crippen molar-refractivity contribution in [3.8, 4) is 0 Å². The van der Waals surface area contributed by atoms with Crippen molar-refractivity contribution in [1.29, 1.82) is 0 Å². The Hall–Kier alpha value is -0.620. The van der Waals surface area contributed by atoms with Gasteiger partial charge in [0.2, 0.25) is 5.91 Å². The van der Waals surface area contributed by atoms with Crippen molar-refractivity contribution < 1.29 is 9.90 Å². The Kier molecular flexibility index (Phi) is 5.04. The number of carbonyl (C=O) groups excluding carboxylic acids is 1. The zero-order valence-corrected chi connectivity index (χ0v) is 9.64. The van der Waals surface area contributed by atoms with Crippen LogP contribution in [0.25, 0.3) is 0 Å². The third kappa shape index (κ3) is 4.17. The van der Waals surface area contributed by atoms with Crippen molar-refractivity contribution in [2.45, 2.75) is 12.5 Å². The maximum Gasteiger partial charge on any atom is 0.221 e. The first-order valence-electron chi connectivity index (χ1n) is 4.53. The van der Waals surface area contributed by atoms with Crippen LogP contribution in [0.5, 0.6) is 0 Å². The number of carbonyl (C=O) groups is 1. The van der Waals surface area contributed by atoms with Crippen LogP contribution in [0.15, 0.2) is 12.1 Å². The molecule has 4 N–H and O–H groups in total. The molecule has 0 aliphatic heterocycles. The average molecular weight is 249 g/mol. The highest BCUT2D eigenvalue weighted by Gasteiger charge is 2.11. The third-order valence-corrected chi connectivity index (χ3v) is 3.12. The Morgan fingerprint density at radius 3 is 2.93 bits per heavy atom. The van der Waals surface area contributed by atoms with E-state index in [1.54, 1.807) is 12.1 Å². The van der Waals surface area contributed by atoms with Crippen molar-refractivity contribution in [2.75, 3.05) is 13.1 Å². The van der Waals surface area contributed by atoms with E-state index >= 15 is 0 Å². The first kappa shape index (κ1) is 12.4. The molecule has 0 radical (unpaired) electrons. The lowest BCUT2D eigenvalue weighted by Crippen LogP contribution is -2.29. The number of rotatable bonds is 5. The fraction of sp³-hybridized carbons (Fsp3) is 0.444. The van der Waals surface area contributed by atoms with E-state index in [0.717, 1.165) is 4.88 Å². The van der Waals surface area contributed by atoms with Gasteiger partial charge in [0, 0.05) is 24.4 Å². The van der Waals surface area contributed by atoms with Gasteiger partial charge in [-0.25, -0.2) is 0 Å². The summed E-state index contributed by atoms with van der Waals surface area (Å²) in [5.74, 6) is -0.154. The van der Waals surface area contributed by atoms with Gasteiger partial charge in [-0.15, -0.1) is 11.3 Å². The number of halogens is 1. The van der Waals surface area contributed by atoms with Crippen molar-refractivity contribution in [3.05, 3.63) is 21.3 Å². The first-order valence-corrected chi connectivity index (χ1v) is 5.73. The molecule has 1 aromatic rings. The van der Waals surface area contributed by atoms with Gasteiger partial charge < -0.3 is 16.2 Å². The second-order valence-corrected chi connectivity index (χ2v) is 4.75. The van der Waals surface area contributed by atoms with Crippen molar-refractivity contribution in [3.63, 3.8) is 0 Å². The third-order valence-electron chi connectivity index (χ3n) is 1.79. The van der Waals surface area contributed by atoms with Crippen LogP contribution in [0.3, 0.4) is 0 Å². The standard InChI is InChI=1S/C9H13ClN2O2S/c10-8-2-1-7(15-8)6(13)5-12-9(14)3-4-11/h1-2,6,13H,3-5,11H2,(H,12,14). The lowest BCUT2D eigenvalue weighted by Gasteiger charge is -2.09. The van der Waals surface area contributed by atoms with E-state index in [1.807, 2.05) is 0 Å². The van der Waals surface area contributed by atoms with Crippen LogP contribution >= 0.6 is 22.9 Å². The SMILES string of the molecule is NCCC(=O)NCC(O)c1ccc(Cl)s1. The van der Waals surface area contributed by atoms with E-state index in [-0.39, 0.29) is 18.9 Å². The maximum atomic E-state index is 11.1. The highest BCUT2D eigenvalue weighted by atomic mass is 35.5. The minimum absolute atomic E-state index is 0.154. The van der Waals surface area contributed by atoms with Gasteiger partial charge in [0.25, 0.3) is 0 Å². The number of thiophene rings is 1. The minimum Gasteiger partial charge on any atom is -0.386 e. The van der Waals surface area contributed by atoms with Crippen LogP contribution in [-0.4, -0.2) is 24.1 Å². The lowest BCUT2D eigenvalue weighted by atomic mass is 10.3. The van der Waals surface area contributed by atoms with Crippen LogP contribution in [-0.2, 0) is 4.79 Å². The van der Waals surface area contributed by atoms with E-state index < -0.39 is 6.10 Å². The summed E-state index contributed by atoms with van der Waals surface area (Å²) < 4.78 is 0.623. The Bertz CT molecular complexity index is 330. The number of nitrogens with one attached hydrogen (secondary N) is 1. The molecule has 0 saturated heterocycles. The molecule has 6 heteroatoms. The van der Waals surface area contributed by atoms with Gasteiger partial charge in [-0.1, -0.05) is 11.6 Å². The number of nitrogens with two attached hydrogens (primary N) is 1. The van der Waals surface area contributed by atoms with E-state index in [1.165, 1.54) is 11.3 Å². The fourth-order valence-corrected chi connectivity index (χ4v) is 2.08. The molecular weight excluding hydrogens is 236 g/mol. The van der Waals surface area contributed by atoms with Gasteiger partial charge in [-0.05, 0) is 12.1 Å². The predicted octanol–water partition coefficient (Wildman–Crippen LogP) is 0.900. The molecular formula is C9H13ClN2O2S. The summed E-state index contributed by atoms with van der Waals surface area (Å²) in [6.07, 6.45) is -0.429. The van der Waals surface area contributed by atoms with Crippen molar-refractivity contribution >= 4 is 28.8 Å². The van der Waals surface area contributed by atoms with Crippen LogP contribution in [0.1, 0.15) is 17.4 Å². The zero-order chi connectivity index (χ0) is 11.3. The number of hydrogen-bond donors (Lipinski definition) is 3. The second kappa shape index (κ2) is 6.07. The largest absolute Gasteiger partial charge is 0.386 e. The number of hydrogen-bond acceptors (Lipinski definition) is 4. The van der Waals surface area contributed by atoms with E-state index in [2.05, 4.69) is 5.32 Å². The topological polar surface area (TPSA) is 75.4 Å². The molecule has 1 heterocycles. The molecule has 0 fully saturated rings. The summed E-state index contributed by atoms with van der Waals surface area (Å²) in [6, 6.07) is 3.46. The summed E-state index contributed by atoms with van der Waals surface area (Å²) in [4.78, 5) is 11.8. The molecule has 0 aliphatic rings. The zero-order valence-electron chi connectivity index (χ0n) is 8.07.